The minimum Gasteiger partial charge on any atom is -0.471 e. The lowest BCUT2D eigenvalue weighted by atomic mass is 10.2. The van der Waals surface area contributed by atoms with Gasteiger partial charge in [0.05, 0.1) is 0 Å². The molecule has 6 heteroatoms. The van der Waals surface area contributed by atoms with Gasteiger partial charge in [-0.15, -0.1) is 0 Å². The van der Waals surface area contributed by atoms with Crippen LogP contribution >= 0.6 is 11.6 Å². The number of nitrogens with two attached hydrogens (primary N) is 1. The van der Waals surface area contributed by atoms with Crippen molar-refractivity contribution in [2.75, 3.05) is 5.73 Å². The second-order valence-corrected chi connectivity index (χ2v) is 3.62. The number of rotatable bonds is 3. The summed E-state index contributed by atoms with van der Waals surface area (Å²) in [5.74, 6) is -0.195. The molecule has 2 aromatic rings. The molecule has 2 rings (SSSR count). The SMILES string of the molecule is Nc1c(Cl)ncnc1OCc1ccccc1F. The van der Waals surface area contributed by atoms with Crippen LogP contribution in [0.15, 0.2) is 30.6 Å². The predicted octanol–water partition coefficient (Wildman–Crippen LogP) is 2.43. The van der Waals surface area contributed by atoms with Crippen LogP contribution in [0.3, 0.4) is 0 Å². The summed E-state index contributed by atoms with van der Waals surface area (Å²) >= 11 is 5.70. The van der Waals surface area contributed by atoms with E-state index in [1.807, 2.05) is 0 Å². The van der Waals surface area contributed by atoms with Crippen LogP contribution in [0.25, 0.3) is 0 Å². The molecule has 0 radical (unpaired) electrons. The molecule has 0 unspecified atom stereocenters. The smallest absolute Gasteiger partial charge is 0.242 e. The Morgan fingerprint density at radius 1 is 1.29 bits per heavy atom. The standard InChI is InChI=1S/C11H9ClFN3O/c12-10-9(14)11(16-6-15-10)17-5-7-3-1-2-4-8(7)13/h1-4,6H,5,14H2. The van der Waals surface area contributed by atoms with Crippen LogP contribution in [-0.2, 0) is 6.61 Å². The second-order valence-electron chi connectivity index (χ2n) is 3.26. The van der Waals surface area contributed by atoms with Gasteiger partial charge in [0.15, 0.2) is 5.15 Å². The third kappa shape index (κ3) is 2.62. The van der Waals surface area contributed by atoms with Crippen molar-refractivity contribution < 1.29 is 9.13 Å². The largest absolute Gasteiger partial charge is 0.471 e. The maximum atomic E-state index is 13.3. The fourth-order valence-corrected chi connectivity index (χ4v) is 1.36. The Kier molecular flexibility index (Phi) is 3.39. The summed E-state index contributed by atoms with van der Waals surface area (Å²) in [5.41, 5.74) is 6.17. The first-order valence-electron chi connectivity index (χ1n) is 4.80. The van der Waals surface area contributed by atoms with Crippen molar-refractivity contribution in [1.29, 1.82) is 0 Å². The molecule has 0 aliphatic rings. The third-order valence-corrected chi connectivity index (χ3v) is 2.42. The Balaban J connectivity index is 2.13. The van der Waals surface area contributed by atoms with E-state index < -0.39 is 0 Å². The molecule has 4 nitrogen and oxygen atoms in total. The normalized spacial score (nSPS) is 10.2. The molecule has 0 aliphatic carbocycles. The van der Waals surface area contributed by atoms with Crippen molar-refractivity contribution >= 4 is 17.3 Å². The Hall–Kier alpha value is -1.88. The summed E-state index contributed by atoms with van der Waals surface area (Å²) in [6.07, 6.45) is 1.23. The highest BCUT2D eigenvalue weighted by Gasteiger charge is 2.08. The second kappa shape index (κ2) is 4.97. The van der Waals surface area contributed by atoms with E-state index in [-0.39, 0.29) is 29.1 Å². The quantitative estimate of drug-likeness (QED) is 0.854. The number of hydrogen-bond donors (Lipinski definition) is 1. The molecule has 0 fully saturated rings. The molecule has 0 amide bonds. The van der Waals surface area contributed by atoms with Crippen molar-refractivity contribution in [1.82, 2.24) is 9.97 Å². The molecular formula is C11H9ClFN3O. The van der Waals surface area contributed by atoms with Gasteiger partial charge in [0.2, 0.25) is 5.88 Å². The van der Waals surface area contributed by atoms with Gasteiger partial charge < -0.3 is 10.5 Å². The van der Waals surface area contributed by atoms with Crippen LogP contribution in [-0.4, -0.2) is 9.97 Å². The highest BCUT2D eigenvalue weighted by atomic mass is 35.5. The summed E-state index contributed by atoms with van der Waals surface area (Å²) in [6.45, 7) is 0.0320. The van der Waals surface area contributed by atoms with E-state index in [2.05, 4.69) is 9.97 Å². The summed E-state index contributed by atoms with van der Waals surface area (Å²) < 4.78 is 18.6. The summed E-state index contributed by atoms with van der Waals surface area (Å²) in [5, 5.41) is 0.114. The Labute approximate surface area is 102 Å². The average Bonchev–Trinajstić information content (AvgIpc) is 2.33. The van der Waals surface area contributed by atoms with Crippen LogP contribution in [0.1, 0.15) is 5.56 Å². The lowest BCUT2D eigenvalue weighted by Crippen LogP contribution is -2.03. The van der Waals surface area contributed by atoms with Gasteiger partial charge >= 0.3 is 0 Å². The molecule has 0 saturated carbocycles. The first-order chi connectivity index (χ1) is 8.18. The van der Waals surface area contributed by atoms with Crippen LogP contribution in [0.5, 0.6) is 5.88 Å². The predicted molar refractivity (Wildman–Crippen MR) is 62.2 cm³/mol. The number of benzene rings is 1. The number of anilines is 1. The molecule has 1 aromatic carbocycles. The third-order valence-electron chi connectivity index (χ3n) is 2.12. The van der Waals surface area contributed by atoms with Gasteiger partial charge in [-0.25, -0.2) is 9.37 Å². The van der Waals surface area contributed by atoms with Gasteiger partial charge in [0.1, 0.15) is 24.4 Å². The molecule has 1 aromatic heterocycles. The summed E-state index contributed by atoms with van der Waals surface area (Å²) in [4.78, 5) is 7.51. The lowest BCUT2D eigenvalue weighted by Gasteiger charge is -2.08. The zero-order chi connectivity index (χ0) is 12.3. The van der Waals surface area contributed by atoms with Gasteiger partial charge in [0.25, 0.3) is 0 Å². The van der Waals surface area contributed by atoms with Crippen molar-refractivity contribution in [3.05, 3.63) is 47.1 Å². The molecule has 1 heterocycles. The van der Waals surface area contributed by atoms with E-state index in [9.17, 15) is 4.39 Å². The van der Waals surface area contributed by atoms with Crippen molar-refractivity contribution in [2.45, 2.75) is 6.61 Å². The topological polar surface area (TPSA) is 61.0 Å². The van der Waals surface area contributed by atoms with Gasteiger partial charge in [-0.2, -0.15) is 4.98 Å². The van der Waals surface area contributed by atoms with Crippen molar-refractivity contribution in [3.8, 4) is 5.88 Å². The lowest BCUT2D eigenvalue weighted by molar-refractivity contribution is 0.289. The number of ether oxygens (including phenoxy) is 1. The van der Waals surface area contributed by atoms with Gasteiger partial charge in [-0.1, -0.05) is 29.8 Å². The van der Waals surface area contributed by atoms with E-state index in [4.69, 9.17) is 22.1 Å². The molecular weight excluding hydrogens is 245 g/mol. The molecule has 17 heavy (non-hydrogen) atoms. The minimum absolute atomic E-state index is 0.0320. The monoisotopic (exact) mass is 253 g/mol. The molecule has 0 bridgehead atoms. The number of hydrogen-bond acceptors (Lipinski definition) is 4. The first kappa shape index (κ1) is 11.6. The van der Waals surface area contributed by atoms with Crippen LogP contribution in [0.2, 0.25) is 5.15 Å². The number of halogens is 2. The van der Waals surface area contributed by atoms with E-state index in [0.717, 1.165) is 0 Å². The number of nitrogens with zero attached hydrogens (tertiary/aromatic N) is 2. The van der Waals surface area contributed by atoms with E-state index in [0.29, 0.717) is 5.56 Å². The number of nitrogen functional groups attached to an aromatic ring is 1. The van der Waals surface area contributed by atoms with Crippen molar-refractivity contribution in [3.63, 3.8) is 0 Å². The zero-order valence-electron chi connectivity index (χ0n) is 8.73. The summed E-state index contributed by atoms with van der Waals surface area (Å²) in [7, 11) is 0. The molecule has 2 N–H and O–H groups in total. The molecule has 88 valence electrons. The van der Waals surface area contributed by atoms with Gasteiger partial charge in [-0.05, 0) is 6.07 Å². The van der Waals surface area contributed by atoms with E-state index in [1.165, 1.54) is 12.4 Å². The number of aromatic nitrogens is 2. The molecule has 0 saturated heterocycles. The van der Waals surface area contributed by atoms with Crippen LogP contribution < -0.4 is 10.5 Å². The average molecular weight is 254 g/mol. The maximum Gasteiger partial charge on any atom is 0.242 e. The van der Waals surface area contributed by atoms with Gasteiger partial charge in [0, 0.05) is 5.56 Å². The Bertz CT molecular complexity index is 536. The van der Waals surface area contributed by atoms with Crippen molar-refractivity contribution in [2.24, 2.45) is 0 Å². The fraction of sp³-hybridized carbons (Fsp3) is 0.0909. The Morgan fingerprint density at radius 2 is 2.06 bits per heavy atom. The highest BCUT2D eigenvalue weighted by Crippen LogP contribution is 2.24. The van der Waals surface area contributed by atoms with E-state index in [1.54, 1.807) is 18.2 Å². The van der Waals surface area contributed by atoms with E-state index >= 15 is 0 Å². The highest BCUT2D eigenvalue weighted by molar-refractivity contribution is 6.32. The van der Waals surface area contributed by atoms with Gasteiger partial charge in [-0.3, -0.25) is 0 Å². The first-order valence-corrected chi connectivity index (χ1v) is 5.18. The maximum absolute atomic E-state index is 13.3. The summed E-state index contributed by atoms with van der Waals surface area (Å²) in [6, 6.07) is 6.30. The zero-order valence-corrected chi connectivity index (χ0v) is 9.49. The fourth-order valence-electron chi connectivity index (χ4n) is 1.24. The Morgan fingerprint density at radius 3 is 2.82 bits per heavy atom. The minimum atomic E-state index is -0.341. The molecule has 0 atom stereocenters. The molecule has 0 aliphatic heterocycles. The van der Waals surface area contributed by atoms with Crippen LogP contribution in [0.4, 0.5) is 10.1 Å². The van der Waals surface area contributed by atoms with Crippen LogP contribution in [0, 0.1) is 5.82 Å². The molecule has 0 spiro atoms.